The molecule has 0 unspecified atom stereocenters. The van der Waals surface area contributed by atoms with Crippen molar-refractivity contribution in [2.75, 3.05) is 18.4 Å². The molecule has 3 aromatic rings. The highest BCUT2D eigenvalue weighted by Crippen LogP contribution is 2.27. The van der Waals surface area contributed by atoms with Gasteiger partial charge in [-0.05, 0) is 37.1 Å². The summed E-state index contributed by atoms with van der Waals surface area (Å²) in [5.41, 5.74) is 2.32. The maximum absolute atomic E-state index is 4.70. The van der Waals surface area contributed by atoms with Crippen molar-refractivity contribution in [2.24, 2.45) is 0 Å². The first kappa shape index (κ1) is 16.5. The Hall–Kier alpha value is -2.93. The van der Waals surface area contributed by atoms with Gasteiger partial charge in [0.25, 0.3) is 0 Å². The molecule has 0 aromatic carbocycles. The number of hydrogen-bond acceptors (Lipinski definition) is 7. The molecule has 1 N–H and O–H groups in total. The molecule has 26 heavy (non-hydrogen) atoms. The molecule has 0 bridgehead atoms. The average Bonchev–Trinajstić information content (AvgIpc) is 2.70. The van der Waals surface area contributed by atoms with Crippen LogP contribution < -0.4 is 5.32 Å². The lowest BCUT2D eigenvalue weighted by Crippen LogP contribution is -2.34. The summed E-state index contributed by atoms with van der Waals surface area (Å²) in [6.07, 6.45) is 12.8. The summed E-state index contributed by atoms with van der Waals surface area (Å²) in [6, 6.07) is 6.13. The largest absolute Gasteiger partial charge is 0.307 e. The van der Waals surface area contributed by atoms with Gasteiger partial charge in [-0.15, -0.1) is 0 Å². The van der Waals surface area contributed by atoms with Crippen LogP contribution in [0.2, 0.25) is 0 Å². The van der Waals surface area contributed by atoms with E-state index in [1.54, 1.807) is 24.8 Å². The van der Waals surface area contributed by atoms with Crippen LogP contribution in [0.25, 0.3) is 0 Å². The molecule has 1 aliphatic rings. The van der Waals surface area contributed by atoms with E-state index in [0.717, 1.165) is 31.7 Å². The first-order valence-corrected chi connectivity index (χ1v) is 8.84. The van der Waals surface area contributed by atoms with E-state index in [2.05, 4.69) is 36.2 Å². The summed E-state index contributed by atoms with van der Waals surface area (Å²) in [6.45, 7) is 3.04. The quantitative estimate of drug-likeness (QED) is 0.760. The van der Waals surface area contributed by atoms with Crippen LogP contribution in [-0.2, 0) is 6.54 Å². The number of aromatic nitrogens is 5. The van der Waals surface area contributed by atoms with E-state index in [-0.39, 0.29) is 0 Å². The highest BCUT2D eigenvalue weighted by Gasteiger charge is 2.23. The number of hydrogen-bond donors (Lipinski definition) is 1. The molecule has 4 heterocycles. The molecule has 0 aliphatic carbocycles. The highest BCUT2D eigenvalue weighted by atomic mass is 15.2. The van der Waals surface area contributed by atoms with Crippen LogP contribution in [0.1, 0.15) is 30.0 Å². The summed E-state index contributed by atoms with van der Waals surface area (Å²) in [5, 5.41) is 3.12. The van der Waals surface area contributed by atoms with E-state index in [1.165, 1.54) is 12.0 Å². The monoisotopic (exact) mass is 347 g/mol. The second-order valence-corrected chi connectivity index (χ2v) is 6.46. The van der Waals surface area contributed by atoms with E-state index in [9.17, 15) is 0 Å². The van der Waals surface area contributed by atoms with Crippen LogP contribution in [0.5, 0.6) is 0 Å². The first-order valence-electron chi connectivity index (χ1n) is 8.84. The average molecular weight is 347 g/mol. The number of pyridine rings is 1. The van der Waals surface area contributed by atoms with Crippen molar-refractivity contribution in [2.45, 2.75) is 25.3 Å². The van der Waals surface area contributed by atoms with Crippen molar-refractivity contribution < 1.29 is 0 Å². The summed E-state index contributed by atoms with van der Waals surface area (Å²) in [7, 11) is 0. The van der Waals surface area contributed by atoms with E-state index < -0.39 is 0 Å². The molecule has 0 amide bonds. The Bertz CT molecular complexity index is 826. The number of rotatable bonds is 5. The van der Waals surface area contributed by atoms with Crippen molar-refractivity contribution >= 4 is 11.8 Å². The van der Waals surface area contributed by atoms with E-state index in [1.807, 2.05) is 24.5 Å². The van der Waals surface area contributed by atoms with Gasteiger partial charge in [0.1, 0.15) is 0 Å². The van der Waals surface area contributed by atoms with Gasteiger partial charge >= 0.3 is 0 Å². The van der Waals surface area contributed by atoms with Crippen LogP contribution in [0.4, 0.5) is 11.8 Å². The third-order valence-electron chi connectivity index (χ3n) is 4.53. The molecule has 0 radical (unpaired) electrons. The van der Waals surface area contributed by atoms with Crippen LogP contribution in [0, 0.1) is 0 Å². The zero-order chi connectivity index (χ0) is 17.6. The van der Waals surface area contributed by atoms with Crippen molar-refractivity contribution in [1.29, 1.82) is 0 Å². The van der Waals surface area contributed by atoms with Crippen LogP contribution in [0.15, 0.2) is 55.4 Å². The SMILES string of the molecule is c1cncc(CN2CCC[C@H](c3ccnc(Nc4cnccn4)n3)C2)c1. The predicted octanol–water partition coefficient (Wildman–Crippen LogP) is 2.78. The predicted molar refractivity (Wildman–Crippen MR) is 98.8 cm³/mol. The van der Waals surface area contributed by atoms with Gasteiger partial charge in [-0.1, -0.05) is 6.07 Å². The molecule has 1 aliphatic heterocycles. The molecule has 0 spiro atoms. The Morgan fingerprint density at radius 1 is 1.04 bits per heavy atom. The number of likely N-dealkylation sites (tertiary alicyclic amines) is 1. The van der Waals surface area contributed by atoms with Gasteiger partial charge in [0.15, 0.2) is 5.82 Å². The molecule has 4 rings (SSSR count). The molecule has 0 saturated carbocycles. The zero-order valence-corrected chi connectivity index (χ0v) is 14.5. The fraction of sp³-hybridized carbons (Fsp3) is 0.316. The van der Waals surface area contributed by atoms with Crippen molar-refractivity contribution in [3.05, 3.63) is 66.6 Å². The smallest absolute Gasteiger partial charge is 0.228 e. The van der Waals surface area contributed by atoms with Gasteiger partial charge in [-0.3, -0.25) is 14.9 Å². The third kappa shape index (κ3) is 4.18. The third-order valence-corrected chi connectivity index (χ3v) is 4.53. The topological polar surface area (TPSA) is 79.7 Å². The molecule has 1 saturated heterocycles. The maximum Gasteiger partial charge on any atom is 0.228 e. The van der Waals surface area contributed by atoms with Crippen LogP contribution in [-0.4, -0.2) is 42.9 Å². The summed E-state index contributed by atoms with van der Waals surface area (Å²) < 4.78 is 0. The molecule has 3 aromatic heterocycles. The van der Waals surface area contributed by atoms with Gasteiger partial charge in [0, 0.05) is 50.0 Å². The van der Waals surface area contributed by atoms with Gasteiger partial charge in [0.2, 0.25) is 5.95 Å². The summed E-state index contributed by atoms with van der Waals surface area (Å²) in [5.74, 6) is 1.62. The van der Waals surface area contributed by atoms with E-state index in [4.69, 9.17) is 4.98 Å². The molecule has 1 fully saturated rings. The molecule has 7 nitrogen and oxygen atoms in total. The van der Waals surface area contributed by atoms with Gasteiger partial charge in [-0.2, -0.15) is 0 Å². The standard InChI is InChI=1S/C19H21N7/c1-3-15(11-20-6-1)13-26-10-2-4-16(14-26)17-5-7-23-19(24-17)25-18-12-21-8-9-22-18/h1,3,5-9,11-12,16H,2,4,10,13-14H2,(H,22,23,24,25)/t16-/m0/s1. The second kappa shape index (κ2) is 7.97. The Morgan fingerprint density at radius 2 is 2.00 bits per heavy atom. The summed E-state index contributed by atoms with van der Waals surface area (Å²) >= 11 is 0. The van der Waals surface area contributed by atoms with Crippen LogP contribution in [0.3, 0.4) is 0 Å². The Balaban J connectivity index is 1.44. The molecular weight excluding hydrogens is 326 g/mol. The van der Waals surface area contributed by atoms with Crippen molar-refractivity contribution in [3.8, 4) is 0 Å². The number of nitrogens with zero attached hydrogens (tertiary/aromatic N) is 6. The fourth-order valence-corrected chi connectivity index (χ4v) is 3.33. The lowest BCUT2D eigenvalue weighted by Gasteiger charge is -2.32. The lowest BCUT2D eigenvalue weighted by molar-refractivity contribution is 0.198. The Labute approximate surface area is 152 Å². The van der Waals surface area contributed by atoms with Crippen molar-refractivity contribution in [1.82, 2.24) is 29.8 Å². The van der Waals surface area contributed by atoms with Gasteiger partial charge in [-0.25, -0.2) is 15.0 Å². The molecule has 7 heteroatoms. The summed E-state index contributed by atoms with van der Waals surface area (Å²) in [4.78, 5) is 24.0. The number of nitrogens with one attached hydrogen (secondary N) is 1. The minimum Gasteiger partial charge on any atom is -0.307 e. The van der Waals surface area contributed by atoms with Gasteiger partial charge in [0.05, 0.1) is 11.9 Å². The van der Waals surface area contributed by atoms with E-state index in [0.29, 0.717) is 17.7 Å². The Morgan fingerprint density at radius 3 is 2.85 bits per heavy atom. The molecule has 132 valence electrons. The maximum atomic E-state index is 4.70. The molecular formula is C19H21N7. The van der Waals surface area contributed by atoms with Gasteiger partial charge < -0.3 is 5.32 Å². The van der Waals surface area contributed by atoms with Crippen LogP contribution >= 0.6 is 0 Å². The number of piperidine rings is 1. The van der Waals surface area contributed by atoms with Crippen molar-refractivity contribution in [3.63, 3.8) is 0 Å². The van der Waals surface area contributed by atoms with E-state index >= 15 is 0 Å². The highest BCUT2D eigenvalue weighted by molar-refractivity contribution is 5.45. The minimum atomic E-state index is 0.408. The lowest BCUT2D eigenvalue weighted by atomic mass is 9.94. The number of anilines is 2. The fourth-order valence-electron chi connectivity index (χ4n) is 3.33. The first-order chi connectivity index (χ1) is 12.9. The zero-order valence-electron chi connectivity index (χ0n) is 14.5. The second-order valence-electron chi connectivity index (χ2n) is 6.46. The Kier molecular flexibility index (Phi) is 5.07. The molecule has 1 atom stereocenters. The normalized spacial score (nSPS) is 17.8. The minimum absolute atomic E-state index is 0.408.